The molecule has 88 valence electrons. The van der Waals surface area contributed by atoms with Gasteiger partial charge in [-0.25, -0.2) is 0 Å². The van der Waals surface area contributed by atoms with Crippen LogP contribution in [0.4, 0.5) is 0 Å². The molecule has 4 nitrogen and oxygen atoms in total. The molecule has 0 aliphatic carbocycles. The van der Waals surface area contributed by atoms with Crippen molar-refractivity contribution in [1.82, 2.24) is 4.90 Å². The molecule has 1 amide bonds. The van der Waals surface area contributed by atoms with Crippen molar-refractivity contribution in [3.8, 4) is 5.75 Å². The average Bonchev–Trinajstić information content (AvgIpc) is 2.29. The third-order valence-electron chi connectivity index (χ3n) is 2.29. The molecule has 0 spiro atoms. The molecule has 0 fully saturated rings. The fourth-order valence-corrected chi connectivity index (χ4v) is 1.53. The van der Waals surface area contributed by atoms with Gasteiger partial charge >= 0.3 is 0 Å². The average molecular weight is 222 g/mol. The van der Waals surface area contributed by atoms with Gasteiger partial charge in [0.05, 0.1) is 0 Å². The lowest BCUT2D eigenvalue weighted by molar-refractivity contribution is 0.0760. The highest BCUT2D eigenvalue weighted by Gasteiger charge is 2.13. The van der Waals surface area contributed by atoms with Crippen LogP contribution in [0.15, 0.2) is 24.3 Å². The van der Waals surface area contributed by atoms with Gasteiger partial charge < -0.3 is 15.7 Å². The number of hydrogen-bond donors (Lipinski definition) is 2. The normalized spacial score (nSPS) is 10.1. The number of nitrogens with two attached hydrogens (primary N) is 1. The summed E-state index contributed by atoms with van der Waals surface area (Å²) < 4.78 is 0. The number of carbonyl (C=O) groups excluding carboxylic acids is 1. The third kappa shape index (κ3) is 3.24. The second kappa shape index (κ2) is 6.12. The molecule has 0 aliphatic heterocycles. The van der Waals surface area contributed by atoms with Crippen LogP contribution in [0.1, 0.15) is 23.7 Å². The number of aromatic hydroxyl groups is 1. The number of amides is 1. The van der Waals surface area contributed by atoms with Crippen LogP contribution in [0.2, 0.25) is 0 Å². The molecule has 0 heterocycles. The van der Waals surface area contributed by atoms with E-state index in [-0.39, 0.29) is 11.7 Å². The molecule has 1 aromatic rings. The Morgan fingerprint density at radius 1 is 1.31 bits per heavy atom. The van der Waals surface area contributed by atoms with Crippen molar-refractivity contribution in [2.75, 3.05) is 19.6 Å². The van der Waals surface area contributed by atoms with Crippen LogP contribution in [0, 0.1) is 0 Å². The summed E-state index contributed by atoms with van der Waals surface area (Å²) in [4.78, 5) is 13.8. The molecule has 0 bridgehead atoms. The summed E-state index contributed by atoms with van der Waals surface area (Å²) in [5.74, 6) is 0.129. The van der Waals surface area contributed by atoms with E-state index in [0.717, 1.165) is 6.42 Å². The zero-order valence-electron chi connectivity index (χ0n) is 9.52. The smallest absolute Gasteiger partial charge is 0.253 e. The van der Waals surface area contributed by atoms with Gasteiger partial charge in [-0.2, -0.15) is 0 Å². The first-order valence-electron chi connectivity index (χ1n) is 5.47. The maximum absolute atomic E-state index is 12.0. The maximum Gasteiger partial charge on any atom is 0.253 e. The number of phenols is 1. The van der Waals surface area contributed by atoms with Crippen LogP contribution >= 0.6 is 0 Å². The van der Waals surface area contributed by atoms with Gasteiger partial charge in [0.2, 0.25) is 0 Å². The summed E-state index contributed by atoms with van der Waals surface area (Å²) in [6.07, 6.45) is 0.907. The molecule has 0 atom stereocenters. The molecule has 4 heteroatoms. The fourth-order valence-electron chi connectivity index (χ4n) is 1.53. The zero-order chi connectivity index (χ0) is 12.0. The van der Waals surface area contributed by atoms with Gasteiger partial charge in [0.15, 0.2) is 0 Å². The van der Waals surface area contributed by atoms with Crippen molar-refractivity contribution in [1.29, 1.82) is 0 Å². The second-order valence-electron chi connectivity index (χ2n) is 3.63. The third-order valence-corrected chi connectivity index (χ3v) is 2.29. The molecular weight excluding hydrogens is 204 g/mol. The van der Waals surface area contributed by atoms with Gasteiger partial charge in [0.1, 0.15) is 5.75 Å². The molecule has 3 N–H and O–H groups in total. The molecule has 0 radical (unpaired) electrons. The number of hydrogen-bond acceptors (Lipinski definition) is 3. The van der Waals surface area contributed by atoms with E-state index < -0.39 is 0 Å². The monoisotopic (exact) mass is 222 g/mol. The number of rotatable bonds is 5. The quantitative estimate of drug-likeness (QED) is 0.786. The summed E-state index contributed by atoms with van der Waals surface area (Å²) in [6.45, 7) is 3.75. The molecular formula is C12H18N2O2. The van der Waals surface area contributed by atoms with E-state index in [2.05, 4.69) is 0 Å². The first kappa shape index (κ1) is 12.5. The minimum atomic E-state index is -0.0349. The number of benzene rings is 1. The molecule has 1 aromatic carbocycles. The highest BCUT2D eigenvalue weighted by atomic mass is 16.3. The van der Waals surface area contributed by atoms with Crippen LogP contribution in [0.3, 0.4) is 0 Å². The van der Waals surface area contributed by atoms with Gasteiger partial charge in [-0.3, -0.25) is 4.79 Å². The van der Waals surface area contributed by atoms with Crippen molar-refractivity contribution in [2.24, 2.45) is 5.73 Å². The fraction of sp³-hybridized carbons (Fsp3) is 0.417. The Hall–Kier alpha value is -1.55. The first-order chi connectivity index (χ1) is 7.69. The largest absolute Gasteiger partial charge is 0.508 e. The molecule has 16 heavy (non-hydrogen) atoms. The topological polar surface area (TPSA) is 66.6 Å². The van der Waals surface area contributed by atoms with E-state index in [0.29, 0.717) is 25.2 Å². The van der Waals surface area contributed by atoms with Crippen LogP contribution < -0.4 is 5.73 Å². The number of phenolic OH excluding ortho intramolecular Hbond substituents is 1. The highest BCUT2D eigenvalue weighted by molar-refractivity contribution is 5.94. The predicted octanol–water partition coefficient (Wildman–Crippen LogP) is 1.20. The van der Waals surface area contributed by atoms with Crippen LogP contribution in [0.25, 0.3) is 0 Å². The highest BCUT2D eigenvalue weighted by Crippen LogP contribution is 2.11. The van der Waals surface area contributed by atoms with Gasteiger partial charge in [0.25, 0.3) is 5.91 Å². The van der Waals surface area contributed by atoms with Gasteiger partial charge in [-0.05, 0) is 30.7 Å². The summed E-state index contributed by atoms with van der Waals surface area (Å²) in [5, 5.41) is 9.14. The van der Waals surface area contributed by atoms with Crippen LogP contribution in [0.5, 0.6) is 5.75 Å². The van der Waals surface area contributed by atoms with Crippen molar-refractivity contribution >= 4 is 5.91 Å². The molecule has 0 aromatic heterocycles. The Labute approximate surface area is 95.7 Å². The predicted molar refractivity (Wildman–Crippen MR) is 63.4 cm³/mol. The summed E-state index contributed by atoms with van der Waals surface area (Å²) in [7, 11) is 0. The first-order valence-corrected chi connectivity index (χ1v) is 5.47. The number of carbonyl (C=O) groups is 1. The Bertz CT molecular complexity index is 329. The lowest BCUT2D eigenvalue weighted by atomic mass is 10.2. The Morgan fingerprint density at radius 2 is 1.94 bits per heavy atom. The van der Waals surface area contributed by atoms with E-state index in [1.54, 1.807) is 17.0 Å². The van der Waals surface area contributed by atoms with E-state index >= 15 is 0 Å². The summed E-state index contributed by atoms with van der Waals surface area (Å²) in [6, 6.07) is 6.27. The maximum atomic E-state index is 12.0. The molecule has 0 unspecified atom stereocenters. The molecule has 0 saturated carbocycles. The standard InChI is InChI=1S/C12H18N2O2/c1-2-8-14(9-7-13)12(16)10-3-5-11(15)6-4-10/h3-6,15H,2,7-9,13H2,1H3. The summed E-state index contributed by atoms with van der Waals surface area (Å²) >= 11 is 0. The van der Waals surface area contributed by atoms with E-state index in [1.165, 1.54) is 12.1 Å². The minimum Gasteiger partial charge on any atom is -0.508 e. The Balaban J connectivity index is 2.77. The minimum absolute atomic E-state index is 0.0349. The lowest BCUT2D eigenvalue weighted by Gasteiger charge is -2.21. The van der Waals surface area contributed by atoms with E-state index in [1.807, 2.05) is 6.92 Å². The second-order valence-corrected chi connectivity index (χ2v) is 3.63. The zero-order valence-corrected chi connectivity index (χ0v) is 9.52. The van der Waals surface area contributed by atoms with Gasteiger partial charge in [-0.15, -0.1) is 0 Å². The van der Waals surface area contributed by atoms with Crippen molar-refractivity contribution in [3.05, 3.63) is 29.8 Å². The molecule has 0 aliphatic rings. The SMILES string of the molecule is CCCN(CCN)C(=O)c1ccc(O)cc1. The van der Waals surface area contributed by atoms with Crippen LogP contribution in [-0.2, 0) is 0 Å². The van der Waals surface area contributed by atoms with Crippen molar-refractivity contribution in [3.63, 3.8) is 0 Å². The Kier molecular flexibility index (Phi) is 4.79. The van der Waals surface area contributed by atoms with Crippen molar-refractivity contribution < 1.29 is 9.90 Å². The number of nitrogens with zero attached hydrogens (tertiary/aromatic N) is 1. The van der Waals surface area contributed by atoms with E-state index in [4.69, 9.17) is 10.8 Å². The van der Waals surface area contributed by atoms with Crippen LogP contribution in [-0.4, -0.2) is 35.5 Å². The van der Waals surface area contributed by atoms with Crippen molar-refractivity contribution in [2.45, 2.75) is 13.3 Å². The summed E-state index contributed by atoms with van der Waals surface area (Å²) in [5.41, 5.74) is 6.05. The molecule has 0 saturated heterocycles. The molecule has 1 rings (SSSR count). The van der Waals surface area contributed by atoms with Gasteiger partial charge in [0, 0.05) is 25.2 Å². The van der Waals surface area contributed by atoms with E-state index in [9.17, 15) is 4.79 Å². The van der Waals surface area contributed by atoms with Gasteiger partial charge in [-0.1, -0.05) is 6.92 Å². The Morgan fingerprint density at radius 3 is 2.44 bits per heavy atom. The lowest BCUT2D eigenvalue weighted by Crippen LogP contribution is -2.35.